The second-order valence-corrected chi connectivity index (χ2v) is 4.32. The summed E-state index contributed by atoms with van der Waals surface area (Å²) in [4.78, 5) is 10.8. The van der Waals surface area contributed by atoms with E-state index < -0.39 is 18.1 Å². The third kappa shape index (κ3) is 3.42. The van der Waals surface area contributed by atoms with Gasteiger partial charge in [0.05, 0.1) is 6.61 Å². The lowest BCUT2D eigenvalue weighted by molar-refractivity contribution is -0.132. The highest BCUT2D eigenvalue weighted by molar-refractivity contribution is 9.10. The lowest BCUT2D eigenvalue weighted by atomic mass is 10.0. The smallest absolute Gasteiger partial charge is 0.249 e. The Kier molecular flexibility index (Phi) is 4.92. The van der Waals surface area contributed by atoms with E-state index in [4.69, 9.17) is 10.5 Å². The Labute approximate surface area is 107 Å². The van der Waals surface area contributed by atoms with Gasteiger partial charge in [-0.15, -0.1) is 0 Å². The van der Waals surface area contributed by atoms with E-state index in [1.165, 1.54) is 0 Å². The topological polar surface area (TPSA) is 92.8 Å². The largest absolute Gasteiger partial charge is 0.493 e. The van der Waals surface area contributed by atoms with E-state index >= 15 is 0 Å². The first-order valence-corrected chi connectivity index (χ1v) is 5.84. The Hall–Kier alpha value is -1.11. The van der Waals surface area contributed by atoms with Gasteiger partial charge in [0.2, 0.25) is 5.91 Å². The molecule has 1 aromatic carbocycles. The summed E-state index contributed by atoms with van der Waals surface area (Å²) in [6.45, 7) is 2.21. The fourth-order valence-corrected chi connectivity index (χ4v) is 1.74. The third-order valence-corrected chi connectivity index (χ3v) is 2.67. The summed E-state index contributed by atoms with van der Waals surface area (Å²) in [6, 6.07) is 4.94. The Morgan fingerprint density at radius 1 is 1.53 bits per heavy atom. The van der Waals surface area contributed by atoms with Crippen molar-refractivity contribution in [2.75, 3.05) is 6.61 Å². The molecule has 4 N–H and O–H groups in total. The number of aliphatic hydroxyl groups excluding tert-OH is 2. The molecule has 0 aliphatic carbocycles. The molecule has 0 saturated heterocycles. The standard InChI is InChI=1S/C11H14BrNO4/c1-2-17-8-4-3-6(12)5-7(8)9(14)10(15)11(13)16/h3-5,9-10,14-15H,2H2,1H3,(H2,13,16). The van der Waals surface area contributed by atoms with Crippen LogP contribution in [0.25, 0.3) is 0 Å². The molecule has 0 aromatic heterocycles. The van der Waals surface area contributed by atoms with Gasteiger partial charge in [-0.2, -0.15) is 0 Å². The zero-order chi connectivity index (χ0) is 13.0. The number of aliphatic hydroxyl groups is 2. The molecule has 0 heterocycles. The van der Waals surface area contributed by atoms with Crippen LogP contribution in [0.4, 0.5) is 0 Å². The van der Waals surface area contributed by atoms with Crippen LogP contribution in [0.15, 0.2) is 22.7 Å². The minimum atomic E-state index is -1.66. The van der Waals surface area contributed by atoms with Crippen LogP contribution in [0.5, 0.6) is 5.75 Å². The lowest BCUT2D eigenvalue weighted by Crippen LogP contribution is -2.34. The number of benzene rings is 1. The molecule has 1 aromatic rings. The van der Waals surface area contributed by atoms with Crippen LogP contribution in [-0.4, -0.2) is 28.8 Å². The van der Waals surface area contributed by atoms with E-state index in [-0.39, 0.29) is 0 Å². The Morgan fingerprint density at radius 2 is 2.18 bits per heavy atom. The lowest BCUT2D eigenvalue weighted by Gasteiger charge is -2.18. The zero-order valence-electron chi connectivity index (χ0n) is 9.26. The molecular weight excluding hydrogens is 290 g/mol. The van der Waals surface area contributed by atoms with Crippen LogP contribution in [0.2, 0.25) is 0 Å². The summed E-state index contributed by atoms with van der Waals surface area (Å²) in [5.41, 5.74) is 5.25. The predicted molar refractivity (Wildman–Crippen MR) is 65.5 cm³/mol. The number of primary amides is 1. The van der Waals surface area contributed by atoms with Crippen molar-refractivity contribution in [3.05, 3.63) is 28.2 Å². The molecule has 5 nitrogen and oxygen atoms in total. The highest BCUT2D eigenvalue weighted by Crippen LogP contribution is 2.30. The molecule has 0 bridgehead atoms. The van der Waals surface area contributed by atoms with Crippen molar-refractivity contribution in [1.29, 1.82) is 0 Å². The van der Waals surface area contributed by atoms with Crippen LogP contribution in [-0.2, 0) is 4.79 Å². The monoisotopic (exact) mass is 303 g/mol. The Bertz CT molecular complexity index is 410. The van der Waals surface area contributed by atoms with E-state index in [0.29, 0.717) is 22.4 Å². The van der Waals surface area contributed by atoms with Gasteiger partial charge in [0.15, 0.2) is 6.10 Å². The highest BCUT2D eigenvalue weighted by Gasteiger charge is 2.26. The van der Waals surface area contributed by atoms with Gasteiger partial charge in [-0.3, -0.25) is 4.79 Å². The summed E-state index contributed by atoms with van der Waals surface area (Å²) in [5.74, 6) is -0.580. The summed E-state index contributed by atoms with van der Waals surface area (Å²) in [6.07, 6.45) is -3.07. The first-order valence-electron chi connectivity index (χ1n) is 5.05. The fraction of sp³-hybridized carbons (Fsp3) is 0.364. The van der Waals surface area contributed by atoms with Crippen LogP contribution >= 0.6 is 15.9 Å². The number of halogens is 1. The van der Waals surface area contributed by atoms with E-state index in [1.807, 2.05) is 0 Å². The number of hydrogen-bond donors (Lipinski definition) is 3. The van der Waals surface area contributed by atoms with Gasteiger partial charge in [-0.05, 0) is 25.1 Å². The quantitative estimate of drug-likeness (QED) is 0.747. The Morgan fingerprint density at radius 3 is 2.71 bits per heavy atom. The maximum atomic E-state index is 10.8. The molecule has 0 radical (unpaired) electrons. The van der Waals surface area contributed by atoms with Crippen molar-refractivity contribution in [2.45, 2.75) is 19.1 Å². The van der Waals surface area contributed by atoms with Crippen LogP contribution < -0.4 is 10.5 Å². The summed E-state index contributed by atoms with van der Waals surface area (Å²) in [5, 5.41) is 19.3. The molecule has 94 valence electrons. The van der Waals surface area contributed by atoms with E-state index in [1.54, 1.807) is 25.1 Å². The number of nitrogens with two attached hydrogens (primary N) is 1. The minimum absolute atomic E-state index is 0.313. The van der Waals surface area contributed by atoms with E-state index in [2.05, 4.69) is 15.9 Å². The first kappa shape index (κ1) is 14.0. The predicted octanol–water partition coefficient (Wildman–Crippen LogP) is 0.727. The SMILES string of the molecule is CCOc1ccc(Br)cc1C(O)C(O)C(N)=O. The molecule has 0 saturated carbocycles. The molecule has 2 unspecified atom stereocenters. The second-order valence-electron chi connectivity index (χ2n) is 3.41. The van der Waals surface area contributed by atoms with Crippen molar-refractivity contribution in [2.24, 2.45) is 5.73 Å². The van der Waals surface area contributed by atoms with Gasteiger partial charge in [-0.25, -0.2) is 0 Å². The third-order valence-electron chi connectivity index (χ3n) is 2.18. The van der Waals surface area contributed by atoms with Crippen molar-refractivity contribution in [3.8, 4) is 5.75 Å². The number of rotatable bonds is 5. The summed E-state index contributed by atoms with van der Waals surface area (Å²) in [7, 11) is 0. The van der Waals surface area contributed by atoms with E-state index in [0.717, 1.165) is 0 Å². The van der Waals surface area contributed by atoms with Gasteiger partial charge in [-0.1, -0.05) is 15.9 Å². The molecule has 0 fully saturated rings. The number of carbonyl (C=O) groups is 1. The Balaban J connectivity index is 3.09. The maximum Gasteiger partial charge on any atom is 0.249 e. The molecule has 17 heavy (non-hydrogen) atoms. The molecular formula is C11H14BrNO4. The van der Waals surface area contributed by atoms with Crippen LogP contribution in [0.1, 0.15) is 18.6 Å². The fourth-order valence-electron chi connectivity index (χ4n) is 1.36. The maximum absolute atomic E-state index is 10.8. The average Bonchev–Trinajstić information content (AvgIpc) is 2.29. The van der Waals surface area contributed by atoms with E-state index in [9.17, 15) is 15.0 Å². The number of carbonyl (C=O) groups excluding carboxylic acids is 1. The van der Waals surface area contributed by atoms with Gasteiger partial charge >= 0.3 is 0 Å². The molecule has 0 spiro atoms. The average molecular weight is 304 g/mol. The van der Waals surface area contributed by atoms with Gasteiger partial charge < -0.3 is 20.7 Å². The zero-order valence-corrected chi connectivity index (χ0v) is 10.8. The van der Waals surface area contributed by atoms with Crippen LogP contribution in [0, 0.1) is 0 Å². The van der Waals surface area contributed by atoms with Crippen molar-refractivity contribution in [3.63, 3.8) is 0 Å². The first-order chi connectivity index (χ1) is 7.97. The molecule has 1 amide bonds. The van der Waals surface area contributed by atoms with Crippen LogP contribution in [0.3, 0.4) is 0 Å². The van der Waals surface area contributed by atoms with Crippen molar-refractivity contribution < 1.29 is 19.7 Å². The molecule has 0 aliphatic heterocycles. The molecule has 1 rings (SSSR count). The molecule has 2 atom stereocenters. The molecule has 0 aliphatic rings. The number of hydrogen-bond acceptors (Lipinski definition) is 4. The highest BCUT2D eigenvalue weighted by atomic mass is 79.9. The molecule has 6 heteroatoms. The summed E-state index contributed by atoms with van der Waals surface area (Å²) >= 11 is 3.24. The van der Waals surface area contributed by atoms with Gasteiger partial charge in [0.1, 0.15) is 11.9 Å². The second kappa shape index (κ2) is 6.00. The number of amides is 1. The minimum Gasteiger partial charge on any atom is -0.493 e. The number of ether oxygens (including phenoxy) is 1. The van der Waals surface area contributed by atoms with Gasteiger partial charge in [0, 0.05) is 10.0 Å². The van der Waals surface area contributed by atoms with Crippen molar-refractivity contribution >= 4 is 21.8 Å². The normalized spacial score (nSPS) is 14.1. The van der Waals surface area contributed by atoms with Crippen molar-refractivity contribution in [1.82, 2.24) is 0 Å². The summed E-state index contributed by atoms with van der Waals surface area (Å²) < 4.78 is 6.00. The van der Waals surface area contributed by atoms with Gasteiger partial charge in [0.25, 0.3) is 0 Å².